The standard InChI is InChI=1S/C22H22N2O5S/c1-4-29-18-11-14(9-10-17(18)28-3)12-19-22(26)24-21(30-19)13-20(25)23-15-7-5-6-8-16(15)27-2/h5-13H,4H2,1-3H3,(H,23,25)(H,24,26). The van der Waals surface area contributed by atoms with Crippen molar-refractivity contribution in [1.82, 2.24) is 4.98 Å². The van der Waals surface area contributed by atoms with E-state index in [1.54, 1.807) is 43.5 Å². The molecule has 0 aliphatic rings. The van der Waals surface area contributed by atoms with Gasteiger partial charge in [0.2, 0.25) is 0 Å². The Bertz CT molecular complexity index is 1210. The molecule has 1 aromatic heterocycles. The number of amides is 1. The second kappa shape index (κ2) is 9.80. The molecule has 7 nitrogen and oxygen atoms in total. The van der Waals surface area contributed by atoms with Crippen LogP contribution in [0.1, 0.15) is 12.5 Å². The molecule has 0 unspecified atom stereocenters. The molecular formula is C22H22N2O5S. The number of thiazole rings is 1. The van der Waals surface area contributed by atoms with E-state index in [0.717, 1.165) is 5.56 Å². The molecule has 0 aliphatic carbocycles. The molecule has 0 fully saturated rings. The van der Waals surface area contributed by atoms with Crippen LogP contribution in [0.5, 0.6) is 17.2 Å². The zero-order valence-corrected chi connectivity index (χ0v) is 17.7. The number of para-hydroxylation sites is 2. The summed E-state index contributed by atoms with van der Waals surface area (Å²) in [7, 11) is 3.10. The van der Waals surface area contributed by atoms with Crippen molar-refractivity contribution >= 4 is 35.1 Å². The predicted octanol–water partition coefficient (Wildman–Crippen LogP) is 2.10. The van der Waals surface area contributed by atoms with Crippen LogP contribution in [0.3, 0.4) is 0 Å². The van der Waals surface area contributed by atoms with Gasteiger partial charge in [-0.25, -0.2) is 0 Å². The molecule has 30 heavy (non-hydrogen) atoms. The van der Waals surface area contributed by atoms with Crippen molar-refractivity contribution in [2.75, 3.05) is 26.1 Å². The van der Waals surface area contributed by atoms with E-state index in [0.29, 0.717) is 38.7 Å². The van der Waals surface area contributed by atoms with Gasteiger partial charge < -0.3 is 24.5 Å². The third-order valence-corrected chi connectivity index (χ3v) is 5.06. The van der Waals surface area contributed by atoms with E-state index in [9.17, 15) is 9.59 Å². The van der Waals surface area contributed by atoms with E-state index in [2.05, 4.69) is 10.3 Å². The van der Waals surface area contributed by atoms with Gasteiger partial charge in [0.25, 0.3) is 11.5 Å². The summed E-state index contributed by atoms with van der Waals surface area (Å²) in [4.78, 5) is 27.4. The number of nitrogens with one attached hydrogen (secondary N) is 2. The molecule has 3 aromatic rings. The number of H-pyrrole nitrogens is 1. The van der Waals surface area contributed by atoms with Crippen LogP contribution in [0.15, 0.2) is 47.3 Å². The number of hydrogen-bond acceptors (Lipinski definition) is 6. The number of aromatic nitrogens is 1. The molecule has 1 heterocycles. The van der Waals surface area contributed by atoms with Crippen LogP contribution < -0.4 is 34.3 Å². The fourth-order valence-electron chi connectivity index (χ4n) is 2.76. The smallest absolute Gasteiger partial charge is 0.266 e. The molecule has 156 valence electrons. The Kier molecular flexibility index (Phi) is 6.92. The number of carbonyl (C=O) groups is 1. The van der Waals surface area contributed by atoms with Gasteiger partial charge in [-0.1, -0.05) is 18.2 Å². The summed E-state index contributed by atoms with van der Waals surface area (Å²) in [5, 5.41) is 2.75. The van der Waals surface area contributed by atoms with Gasteiger partial charge in [-0.15, -0.1) is 11.3 Å². The number of benzene rings is 2. The number of ether oxygens (including phenoxy) is 3. The largest absolute Gasteiger partial charge is 0.495 e. The lowest BCUT2D eigenvalue weighted by atomic mass is 10.2. The molecule has 0 bridgehead atoms. The summed E-state index contributed by atoms with van der Waals surface area (Å²) >= 11 is 1.19. The van der Waals surface area contributed by atoms with E-state index in [4.69, 9.17) is 14.2 Å². The second-order valence-corrected chi connectivity index (χ2v) is 7.19. The van der Waals surface area contributed by atoms with E-state index < -0.39 is 0 Å². The molecule has 0 spiro atoms. The van der Waals surface area contributed by atoms with Crippen LogP contribution in [0.25, 0.3) is 12.2 Å². The zero-order valence-electron chi connectivity index (χ0n) is 16.9. The van der Waals surface area contributed by atoms with Gasteiger partial charge >= 0.3 is 0 Å². The van der Waals surface area contributed by atoms with Gasteiger partial charge in [0.15, 0.2) is 11.5 Å². The first-order valence-corrected chi connectivity index (χ1v) is 10.0. The van der Waals surface area contributed by atoms with Gasteiger partial charge in [0, 0.05) is 6.08 Å². The van der Waals surface area contributed by atoms with E-state index >= 15 is 0 Å². The van der Waals surface area contributed by atoms with Crippen molar-refractivity contribution < 1.29 is 19.0 Å². The molecule has 0 aliphatic heterocycles. The quantitative estimate of drug-likeness (QED) is 0.604. The monoisotopic (exact) mass is 426 g/mol. The number of aromatic amines is 1. The lowest BCUT2D eigenvalue weighted by Gasteiger charge is -2.09. The molecular weight excluding hydrogens is 404 g/mol. The fourth-order valence-corrected chi connectivity index (χ4v) is 3.65. The number of carbonyl (C=O) groups excluding carboxylic acids is 1. The number of methoxy groups -OCH3 is 2. The van der Waals surface area contributed by atoms with E-state index in [1.165, 1.54) is 24.5 Å². The van der Waals surface area contributed by atoms with Crippen LogP contribution in [0.2, 0.25) is 0 Å². The Labute approximate surface area is 177 Å². The highest BCUT2D eigenvalue weighted by atomic mass is 32.1. The summed E-state index contributed by atoms with van der Waals surface area (Å²) in [6.07, 6.45) is 3.08. The minimum absolute atomic E-state index is 0.273. The summed E-state index contributed by atoms with van der Waals surface area (Å²) < 4.78 is 17.0. The summed E-state index contributed by atoms with van der Waals surface area (Å²) in [6.45, 7) is 2.39. The fraction of sp³-hybridized carbons (Fsp3) is 0.182. The molecule has 8 heteroatoms. The Hall–Kier alpha value is -3.52. The first kappa shape index (κ1) is 21.2. The van der Waals surface area contributed by atoms with Crippen LogP contribution in [0.4, 0.5) is 5.69 Å². The van der Waals surface area contributed by atoms with Gasteiger partial charge in [0.05, 0.1) is 31.0 Å². The SMILES string of the molecule is CCOc1cc(C=c2sc(=CC(=O)Nc3ccccc3OC)[nH]c2=O)ccc1OC. The average Bonchev–Trinajstić information content (AvgIpc) is 3.07. The Balaban J connectivity index is 1.88. The molecule has 0 saturated heterocycles. The lowest BCUT2D eigenvalue weighted by molar-refractivity contribution is -0.110. The zero-order chi connectivity index (χ0) is 21.5. The molecule has 1 amide bonds. The van der Waals surface area contributed by atoms with E-state index in [1.807, 2.05) is 19.1 Å². The molecule has 0 saturated carbocycles. The average molecular weight is 426 g/mol. The molecule has 2 aromatic carbocycles. The number of rotatable bonds is 7. The van der Waals surface area contributed by atoms with Crippen LogP contribution in [0, 0.1) is 0 Å². The summed E-state index contributed by atoms with van der Waals surface area (Å²) in [6, 6.07) is 12.5. The molecule has 2 N–H and O–H groups in total. The van der Waals surface area contributed by atoms with Gasteiger partial charge in [-0.2, -0.15) is 0 Å². The number of anilines is 1. The van der Waals surface area contributed by atoms with Crippen LogP contribution in [-0.4, -0.2) is 31.7 Å². The van der Waals surface area contributed by atoms with Crippen molar-refractivity contribution in [3.63, 3.8) is 0 Å². The molecule has 0 atom stereocenters. The maximum absolute atomic E-state index is 12.3. The lowest BCUT2D eigenvalue weighted by Crippen LogP contribution is -2.20. The Morgan fingerprint density at radius 3 is 2.60 bits per heavy atom. The highest BCUT2D eigenvalue weighted by Crippen LogP contribution is 2.28. The summed E-state index contributed by atoms with van der Waals surface area (Å²) in [5.41, 5.74) is 1.07. The predicted molar refractivity (Wildman–Crippen MR) is 118 cm³/mol. The maximum atomic E-state index is 12.3. The molecule has 0 radical (unpaired) electrons. The van der Waals surface area contributed by atoms with Crippen molar-refractivity contribution in [2.45, 2.75) is 6.92 Å². The first-order valence-electron chi connectivity index (χ1n) is 9.21. The van der Waals surface area contributed by atoms with E-state index in [-0.39, 0.29) is 11.5 Å². The van der Waals surface area contributed by atoms with Crippen molar-refractivity contribution in [3.8, 4) is 17.2 Å². The number of hydrogen-bond donors (Lipinski definition) is 2. The Morgan fingerprint density at radius 1 is 1.10 bits per heavy atom. The van der Waals surface area contributed by atoms with Crippen molar-refractivity contribution in [1.29, 1.82) is 0 Å². The van der Waals surface area contributed by atoms with Crippen LogP contribution in [-0.2, 0) is 4.79 Å². The van der Waals surface area contributed by atoms with Gasteiger partial charge in [-0.05, 0) is 42.8 Å². The third-order valence-electron chi connectivity index (χ3n) is 4.09. The minimum Gasteiger partial charge on any atom is -0.495 e. The summed E-state index contributed by atoms with van der Waals surface area (Å²) in [5.74, 6) is 1.41. The second-order valence-electron chi connectivity index (χ2n) is 6.11. The third kappa shape index (κ3) is 5.09. The Morgan fingerprint density at radius 2 is 1.87 bits per heavy atom. The van der Waals surface area contributed by atoms with Gasteiger partial charge in [0.1, 0.15) is 10.4 Å². The minimum atomic E-state index is -0.369. The maximum Gasteiger partial charge on any atom is 0.266 e. The van der Waals surface area contributed by atoms with Crippen LogP contribution >= 0.6 is 11.3 Å². The highest BCUT2D eigenvalue weighted by molar-refractivity contribution is 7.07. The van der Waals surface area contributed by atoms with Crippen molar-refractivity contribution in [2.24, 2.45) is 0 Å². The van der Waals surface area contributed by atoms with Gasteiger partial charge in [-0.3, -0.25) is 9.59 Å². The normalized spacial score (nSPS) is 12.0. The topological polar surface area (TPSA) is 89.7 Å². The molecule has 3 rings (SSSR count). The van der Waals surface area contributed by atoms with Crippen molar-refractivity contribution in [3.05, 3.63) is 67.6 Å². The highest BCUT2D eigenvalue weighted by Gasteiger charge is 2.06. The first-order chi connectivity index (χ1) is 14.5.